The van der Waals surface area contributed by atoms with Gasteiger partial charge in [0.05, 0.1) is 57.7 Å². The van der Waals surface area contributed by atoms with Crippen molar-refractivity contribution >= 4 is 35.2 Å². The zero-order valence-corrected chi connectivity index (χ0v) is 46.9. The number of carbonyl (C=O) groups excluding carboxylic acids is 5. The van der Waals surface area contributed by atoms with E-state index in [0.29, 0.717) is 49.5 Å². The highest BCUT2D eigenvalue weighted by Gasteiger charge is 2.43. The maximum absolute atomic E-state index is 14.7. The van der Waals surface area contributed by atoms with Crippen molar-refractivity contribution in [2.75, 3.05) is 66.8 Å². The van der Waals surface area contributed by atoms with Crippen molar-refractivity contribution < 1.29 is 42.9 Å². The van der Waals surface area contributed by atoms with E-state index in [9.17, 15) is 24.0 Å². The molecular weight excluding hydrogens is 991 g/mol. The van der Waals surface area contributed by atoms with Crippen molar-refractivity contribution in [3.8, 4) is 11.5 Å². The first kappa shape index (κ1) is 57.3. The predicted octanol–water partition coefficient (Wildman–Crippen LogP) is 6.15. The van der Waals surface area contributed by atoms with Crippen LogP contribution in [0.2, 0.25) is 0 Å². The average molecular weight is 1070 g/mol. The monoisotopic (exact) mass is 1070 g/mol. The van der Waals surface area contributed by atoms with Gasteiger partial charge in [-0.05, 0) is 117 Å². The number of nitrogens with zero attached hydrogens (tertiary/aromatic N) is 6. The van der Waals surface area contributed by atoms with Crippen LogP contribution in [0.1, 0.15) is 122 Å². The summed E-state index contributed by atoms with van der Waals surface area (Å²) in [5.74, 6) is 0.303. The zero-order chi connectivity index (χ0) is 55.7. The van der Waals surface area contributed by atoms with E-state index in [4.69, 9.17) is 23.9 Å². The summed E-state index contributed by atoms with van der Waals surface area (Å²) in [6.07, 6.45) is 6.91. The quantitative estimate of drug-likeness (QED) is 0.0799. The van der Waals surface area contributed by atoms with E-state index in [1.807, 2.05) is 82.4 Å². The molecule has 3 N–H and O–H groups in total. The van der Waals surface area contributed by atoms with E-state index in [-0.39, 0.29) is 93.5 Å². The Labute approximate surface area is 458 Å². The van der Waals surface area contributed by atoms with Gasteiger partial charge in [-0.2, -0.15) is 5.10 Å². The summed E-state index contributed by atoms with van der Waals surface area (Å²) >= 11 is 0. The number of nitrogens with one attached hydrogen (secondary N) is 3. The molecule has 5 aromatic rings. The highest BCUT2D eigenvalue weighted by atomic mass is 16.5. The lowest BCUT2D eigenvalue weighted by molar-refractivity contribution is -0.147. The lowest BCUT2D eigenvalue weighted by Crippen LogP contribution is -2.62. The van der Waals surface area contributed by atoms with E-state index in [2.05, 4.69) is 53.1 Å². The third-order valence-corrected chi connectivity index (χ3v) is 15.2. The molecule has 0 saturated carbocycles. The van der Waals surface area contributed by atoms with Gasteiger partial charge in [-0.3, -0.25) is 24.0 Å². The van der Waals surface area contributed by atoms with Crippen LogP contribution in [0.25, 0.3) is 5.65 Å². The smallest absolute Gasteiger partial charge is 0.259 e. The number of ether oxygens (including phenoxy) is 4. The third kappa shape index (κ3) is 14.0. The van der Waals surface area contributed by atoms with Gasteiger partial charge in [0.2, 0.25) is 23.6 Å². The summed E-state index contributed by atoms with van der Waals surface area (Å²) in [6.45, 7) is 16.0. The SMILES string of the molecule is CN[C@H](C)C(=O)N[C@@H](C(=O)N1Cc2cc(OCCOCCOCCC(=O)N(C)CCN3C[C@H](C)Oc4ccc(C)cc4[C@@H](C)Cc4ccn5ncc(c5n4)C3=O)ccc2C[C@@H]1C(=O)N[C@H]1CCCc2ccccc21)C(C)(C)C. The number of rotatable bonds is 19. The van der Waals surface area contributed by atoms with E-state index >= 15 is 0 Å². The molecule has 4 heterocycles. The lowest BCUT2D eigenvalue weighted by atomic mass is 9.83. The summed E-state index contributed by atoms with van der Waals surface area (Å²) in [5.41, 5.74) is 7.45. The number of hydrogen-bond acceptors (Lipinski definition) is 12. The summed E-state index contributed by atoms with van der Waals surface area (Å²) in [4.78, 5) is 79.7. The topological polar surface area (TPSA) is 198 Å². The Morgan fingerprint density at radius 3 is 2.46 bits per heavy atom. The number of amides is 5. The molecular formula is C60H79N9O9. The van der Waals surface area contributed by atoms with Crippen LogP contribution in [0.4, 0.5) is 0 Å². The first-order valence-corrected chi connectivity index (χ1v) is 27.6. The fraction of sp³-hybridized carbons (Fsp3) is 0.517. The molecule has 2 bridgehead atoms. The molecule has 2 aromatic heterocycles. The minimum atomic E-state index is -0.894. The van der Waals surface area contributed by atoms with Crippen LogP contribution >= 0.6 is 0 Å². The molecule has 8 rings (SSSR count). The Morgan fingerprint density at radius 2 is 1.68 bits per heavy atom. The Bertz CT molecular complexity index is 2940. The van der Waals surface area contributed by atoms with Gasteiger partial charge in [0.15, 0.2) is 5.65 Å². The van der Waals surface area contributed by atoms with Crippen LogP contribution in [0.15, 0.2) is 79.1 Å². The molecule has 18 nitrogen and oxygen atoms in total. The van der Waals surface area contributed by atoms with Crippen molar-refractivity contribution in [3.05, 3.63) is 124 Å². The van der Waals surface area contributed by atoms with Crippen LogP contribution < -0.4 is 25.4 Å². The summed E-state index contributed by atoms with van der Waals surface area (Å²) in [7, 11) is 3.42. The van der Waals surface area contributed by atoms with E-state index in [0.717, 1.165) is 58.5 Å². The molecule has 6 atom stereocenters. The maximum Gasteiger partial charge on any atom is 0.259 e. The number of carbonyl (C=O) groups is 5. The molecule has 418 valence electrons. The number of hydrogen-bond donors (Lipinski definition) is 3. The Morgan fingerprint density at radius 1 is 0.910 bits per heavy atom. The number of likely N-dealkylation sites (N-methyl/N-ethyl adjacent to an activating group) is 2. The molecule has 3 aliphatic rings. The van der Waals surface area contributed by atoms with Crippen molar-refractivity contribution in [3.63, 3.8) is 0 Å². The Hall–Kier alpha value is -6.89. The van der Waals surface area contributed by atoms with Crippen LogP contribution in [-0.4, -0.2) is 150 Å². The number of aromatic nitrogens is 3. The van der Waals surface area contributed by atoms with Gasteiger partial charge in [0.25, 0.3) is 5.91 Å². The second-order valence-corrected chi connectivity index (χ2v) is 22.3. The maximum atomic E-state index is 14.7. The number of benzene rings is 3. The minimum absolute atomic E-state index is 0.116. The minimum Gasteiger partial charge on any atom is -0.491 e. The van der Waals surface area contributed by atoms with Crippen molar-refractivity contribution in [2.24, 2.45) is 5.41 Å². The fourth-order valence-corrected chi connectivity index (χ4v) is 10.6. The first-order valence-electron chi connectivity index (χ1n) is 27.6. The summed E-state index contributed by atoms with van der Waals surface area (Å²) in [5, 5.41) is 13.7. The van der Waals surface area contributed by atoms with Crippen LogP contribution in [0.3, 0.4) is 0 Å². The molecule has 2 aliphatic heterocycles. The first-order chi connectivity index (χ1) is 37.4. The lowest BCUT2D eigenvalue weighted by Gasteiger charge is -2.41. The molecule has 1 aliphatic carbocycles. The van der Waals surface area contributed by atoms with Gasteiger partial charge in [-0.25, -0.2) is 9.50 Å². The van der Waals surface area contributed by atoms with E-state index in [1.54, 1.807) is 46.4 Å². The van der Waals surface area contributed by atoms with Gasteiger partial charge >= 0.3 is 0 Å². The van der Waals surface area contributed by atoms with Crippen molar-refractivity contribution in [2.45, 2.75) is 130 Å². The number of fused-ring (bicyclic) bond motifs is 4. The Kier molecular flexibility index (Phi) is 18.9. The molecule has 18 heteroatoms. The molecule has 3 aromatic carbocycles. The normalized spacial score (nSPS) is 19.2. The second-order valence-electron chi connectivity index (χ2n) is 22.3. The van der Waals surface area contributed by atoms with Gasteiger partial charge in [-0.15, -0.1) is 0 Å². The Balaban J connectivity index is 0.806. The average Bonchev–Trinajstić information content (AvgIpc) is 3.94. The van der Waals surface area contributed by atoms with Crippen LogP contribution in [0, 0.1) is 12.3 Å². The predicted molar refractivity (Wildman–Crippen MR) is 296 cm³/mol. The van der Waals surface area contributed by atoms with Crippen molar-refractivity contribution in [1.29, 1.82) is 0 Å². The zero-order valence-electron chi connectivity index (χ0n) is 46.9. The van der Waals surface area contributed by atoms with Crippen LogP contribution in [-0.2, 0) is 54.5 Å². The standard InChI is InChI=1S/C60H79N9O9/c1-38-17-20-52-48(31-38)39(2)32-45-21-23-69-55(63-45)49(35-62-69)58(73)67(36-40(3)78-52)25-24-66(9)53(70)22-26-75-27-28-76-29-30-77-46-19-18-43-34-51(57(72)64-50-16-12-14-42-13-10-11-15-47(42)50)68(37-44(43)33-46)59(74)54(60(5,6)7)65-56(71)41(4)61-8/h10-11,13,15,17-21,23,31,33,35,39-41,50-51,54,61H,12,14,16,22,24-30,32,34,36-37H2,1-9H3,(H,64,72)(H,65,71)/t39-,40-,41+,50-,51+,54-/m0/s1. The molecule has 0 spiro atoms. The summed E-state index contributed by atoms with van der Waals surface area (Å²) < 4.78 is 25.8. The van der Waals surface area contributed by atoms with Gasteiger partial charge in [0.1, 0.15) is 41.9 Å². The van der Waals surface area contributed by atoms with Gasteiger partial charge in [-0.1, -0.05) is 75.7 Å². The largest absolute Gasteiger partial charge is 0.491 e. The van der Waals surface area contributed by atoms with Crippen LogP contribution in [0.5, 0.6) is 11.5 Å². The molecule has 0 unspecified atom stereocenters. The molecule has 0 saturated heterocycles. The van der Waals surface area contributed by atoms with Gasteiger partial charge in [0, 0.05) is 45.0 Å². The van der Waals surface area contributed by atoms with E-state index < -0.39 is 23.5 Å². The van der Waals surface area contributed by atoms with Gasteiger partial charge < -0.3 is 49.6 Å². The highest BCUT2D eigenvalue weighted by Crippen LogP contribution is 2.35. The third-order valence-electron chi connectivity index (χ3n) is 15.2. The highest BCUT2D eigenvalue weighted by molar-refractivity contribution is 5.99. The van der Waals surface area contributed by atoms with Crippen molar-refractivity contribution in [1.82, 2.24) is 45.2 Å². The molecule has 0 radical (unpaired) electrons. The molecule has 78 heavy (non-hydrogen) atoms. The fourth-order valence-electron chi connectivity index (χ4n) is 10.6. The molecule has 5 amide bonds. The molecule has 0 fully saturated rings. The second kappa shape index (κ2) is 25.7. The number of aryl methyl sites for hydroxylation is 2. The van der Waals surface area contributed by atoms with E-state index in [1.165, 1.54) is 5.56 Å². The summed E-state index contributed by atoms with van der Waals surface area (Å²) in [6, 6.07) is 19.7.